The number of aliphatic carboxylic acids is 1. The van der Waals surface area contributed by atoms with Crippen molar-refractivity contribution in [2.45, 2.75) is 187 Å². The van der Waals surface area contributed by atoms with Crippen LogP contribution in [0.2, 0.25) is 0 Å². The highest BCUT2D eigenvalue weighted by molar-refractivity contribution is 7.13. The molecule has 23 heteroatoms. The molecule has 12 rings (SSSR count). The molecule has 12 aromatic rings. The first-order valence-corrected chi connectivity index (χ1v) is 46.6. The first kappa shape index (κ1) is 105. The number of unbranched alkanes of at least 4 members (excludes halogenated alkanes) is 12. The van der Waals surface area contributed by atoms with E-state index >= 15 is 0 Å². The molecule has 0 atom stereocenters. The van der Waals surface area contributed by atoms with Gasteiger partial charge in [0.05, 0.1) is 25.6 Å². The van der Waals surface area contributed by atoms with Crippen LogP contribution in [0.3, 0.4) is 0 Å². The monoisotopic (exact) mass is 1830 g/mol. The van der Waals surface area contributed by atoms with Crippen molar-refractivity contribution in [1.29, 1.82) is 0 Å². The van der Waals surface area contributed by atoms with Crippen molar-refractivity contribution in [3.05, 3.63) is 295 Å². The van der Waals surface area contributed by atoms with E-state index in [4.69, 9.17) is 38.6 Å². The Bertz CT molecular complexity index is 5450. The van der Waals surface area contributed by atoms with Crippen LogP contribution in [0.5, 0.6) is 0 Å². The molecule has 0 spiro atoms. The highest BCUT2D eigenvalue weighted by Crippen LogP contribution is 2.33. The lowest BCUT2D eigenvalue weighted by atomic mass is 10.00. The zero-order valence-electron chi connectivity index (χ0n) is 75.7. The fourth-order valence-electron chi connectivity index (χ4n) is 13.4. The number of thiophene rings is 2. The molecule has 10 aromatic carbocycles. The molecule has 0 aliphatic carbocycles. The number of hydrogen-bond donors (Lipinski definition) is 8. The van der Waals surface area contributed by atoms with Crippen molar-refractivity contribution in [1.82, 2.24) is 0 Å². The molecule has 2 heterocycles. The second-order valence-corrected chi connectivity index (χ2v) is 34.4. The molecule has 2 aromatic heterocycles. The Labute approximate surface area is 784 Å². The average molecular weight is 1830 g/mol. The van der Waals surface area contributed by atoms with Gasteiger partial charge in [-0.15, -0.1) is 22.7 Å². The molecular formula is C108H124ClN7O13S2. The molecule has 0 aliphatic heterocycles. The topological polar surface area (TPSA) is 328 Å². The van der Waals surface area contributed by atoms with Crippen LogP contribution < -0.4 is 38.5 Å². The summed E-state index contributed by atoms with van der Waals surface area (Å²) in [6, 6.07) is 91.6. The number of nitrogens with two attached hydrogens (primary N) is 3. The zero-order valence-corrected chi connectivity index (χ0v) is 78.1. The van der Waals surface area contributed by atoms with E-state index in [0.717, 1.165) is 174 Å². The number of carbonyl (C=O) groups excluding carboxylic acids is 8. The van der Waals surface area contributed by atoms with Crippen molar-refractivity contribution in [3.63, 3.8) is 0 Å². The number of hydrogen-bond acceptors (Lipinski definition) is 17. The summed E-state index contributed by atoms with van der Waals surface area (Å²) in [5.74, 6) is -0.842. The summed E-state index contributed by atoms with van der Waals surface area (Å²) in [6.45, 7) is 5.45. The molecule has 4 amide bonds. The fourth-order valence-corrected chi connectivity index (χ4v) is 15.0. The van der Waals surface area contributed by atoms with E-state index < -0.39 is 17.7 Å². The summed E-state index contributed by atoms with van der Waals surface area (Å²) >= 11 is 8.46. The van der Waals surface area contributed by atoms with E-state index in [9.17, 15) is 43.2 Å². The lowest BCUT2D eigenvalue weighted by Gasteiger charge is -2.20. The lowest BCUT2D eigenvalue weighted by Crippen LogP contribution is -2.27. The average Bonchev–Trinajstić information content (AvgIpc) is 1.56. The zero-order chi connectivity index (χ0) is 94.2. The van der Waals surface area contributed by atoms with Crippen molar-refractivity contribution in [2.75, 3.05) is 52.7 Å². The first-order valence-electron chi connectivity index (χ1n) is 44.5. The Hall–Kier alpha value is -13.3. The minimum Gasteiger partial charge on any atom is -0.481 e. The van der Waals surface area contributed by atoms with Crippen LogP contribution >= 0.6 is 34.3 Å². The molecule has 131 heavy (non-hydrogen) atoms. The second kappa shape index (κ2) is 59.8. The van der Waals surface area contributed by atoms with E-state index in [2.05, 4.69) is 79.3 Å². The van der Waals surface area contributed by atoms with Gasteiger partial charge >= 0.3 is 24.0 Å². The maximum Gasteiger partial charge on any atom is 0.412 e. The number of rotatable bonds is 40. The lowest BCUT2D eigenvalue weighted by molar-refractivity contribution is -0.141. The smallest absolute Gasteiger partial charge is 0.412 e. The van der Waals surface area contributed by atoms with Crippen molar-refractivity contribution >= 4 is 127 Å². The van der Waals surface area contributed by atoms with Gasteiger partial charge in [0.15, 0.2) is 0 Å². The molecule has 0 saturated heterocycles. The van der Waals surface area contributed by atoms with E-state index in [1.165, 1.54) is 30.2 Å². The van der Waals surface area contributed by atoms with E-state index in [1.54, 1.807) is 28.7 Å². The van der Waals surface area contributed by atoms with E-state index in [1.807, 2.05) is 256 Å². The van der Waals surface area contributed by atoms with Gasteiger partial charge in [0.1, 0.15) is 11.4 Å². The maximum absolute atomic E-state index is 12.5. The van der Waals surface area contributed by atoms with Crippen LogP contribution in [0.15, 0.2) is 290 Å². The van der Waals surface area contributed by atoms with Gasteiger partial charge in [-0.05, 0) is 241 Å². The maximum atomic E-state index is 12.5. The van der Waals surface area contributed by atoms with Crippen LogP contribution in [0.4, 0.5) is 44.6 Å². The molecule has 0 aliphatic rings. The number of carbonyl (C=O) groups is 9. The van der Waals surface area contributed by atoms with Crippen LogP contribution in [0, 0.1) is 0 Å². The number of esters is 2. The molecule has 0 unspecified atom stereocenters. The Kier molecular flexibility index (Phi) is 47.8. The summed E-state index contributed by atoms with van der Waals surface area (Å²) in [4.78, 5) is 105. The minimum absolute atomic E-state index is 0.00144. The Morgan fingerprint density at radius 3 is 1.04 bits per heavy atom. The highest BCUT2D eigenvalue weighted by Gasteiger charge is 2.19. The van der Waals surface area contributed by atoms with Crippen molar-refractivity contribution in [3.8, 4) is 65.4 Å². The Balaban J connectivity index is 0.000000222. The number of nitrogen functional groups attached to an aromatic ring is 3. The standard InChI is InChI=1S/C31H32N2O2S.C21H25NO3.C20H23NO3.C15H18N2O2S.C12H11N.C9H15ClO3/c32-29-18-17-25(30-15-9-19-36-30)20-26(29)22-28(34)14-6-1-2-7-16-31(35)33-27-13-8-12-24(21-27)23-10-4-3-5-11-23;1-25-21(24)15-8-3-2-7-14-20(23)22-19-13-9-12-18(16-19)17-10-5-4-6-11-17;22-19(13-6-1-2-7-14-20(23)24)21-18-12-8-11-17(15-18)16-9-4-3-5-10-16;1-15(2,3)19-14(18)17-12-9-10(6-7-11(12)16)13-5-4-8-20-13;13-12-8-4-7-11(9-12)10-5-2-1-3-6-10;1-13-9(12)7-5-3-2-4-6-8(10)11/h3-5,8-13,15,17-21H,1-2,6-7,14,16,22,32H2,(H,33,35);4-6,9-13,16H,2-3,7-8,14-15H2,1H3,(H,22,23);3-5,8-12,15H,1-2,6-7,13-14H2,(H,21,22)(H,23,24);4-9H,16H2,1-3H3,(H,17,18);1-9H,13H2;2-7H2,1H3. The number of carboxylic acid groups (broad SMARTS) is 1. The number of carboxylic acids is 1. The summed E-state index contributed by atoms with van der Waals surface area (Å²) in [6.07, 6.45) is 17.1. The Morgan fingerprint density at radius 1 is 0.336 bits per heavy atom. The molecule has 0 fully saturated rings. The minimum atomic E-state index is -0.758. The number of ether oxygens (including phenoxy) is 3. The van der Waals surface area contributed by atoms with Crippen molar-refractivity contribution < 1.29 is 62.5 Å². The van der Waals surface area contributed by atoms with Gasteiger partial charge in [-0.3, -0.25) is 43.7 Å². The summed E-state index contributed by atoms with van der Waals surface area (Å²) < 4.78 is 14.3. The van der Waals surface area contributed by atoms with Crippen LogP contribution in [-0.4, -0.2) is 77.7 Å². The van der Waals surface area contributed by atoms with Crippen molar-refractivity contribution in [2.24, 2.45) is 0 Å². The number of methoxy groups -OCH3 is 2. The normalized spacial score (nSPS) is 10.5. The SMILES string of the molecule is CC(C)(C)OC(=O)Nc1cc(-c2cccs2)ccc1N.COC(=O)CCCCCCC(=O)Cl.COC(=O)CCCCCCC(=O)Nc1cccc(-c2ccccc2)c1.Nc1ccc(-c2cccs2)cc1CC(=O)CCCCCCC(=O)Nc1cccc(-c2ccccc2)c1.Nc1cccc(-c2ccccc2)c1.O=C(O)CCCCCCC(=O)Nc1cccc(-c2ccccc2)c1. The predicted octanol–water partition coefficient (Wildman–Crippen LogP) is 26.8. The summed E-state index contributed by atoms with van der Waals surface area (Å²) in [7, 11) is 2.79. The number of nitrogens with one attached hydrogen (secondary N) is 4. The van der Waals surface area contributed by atoms with Crippen LogP contribution in [0.1, 0.15) is 180 Å². The predicted molar refractivity (Wildman–Crippen MR) is 538 cm³/mol. The van der Waals surface area contributed by atoms with Crippen LogP contribution in [-0.2, 0) is 59.0 Å². The van der Waals surface area contributed by atoms with Crippen LogP contribution in [0.25, 0.3) is 65.4 Å². The van der Waals surface area contributed by atoms with E-state index in [-0.39, 0.29) is 47.1 Å². The number of benzene rings is 10. The number of anilines is 7. The van der Waals surface area contributed by atoms with Gasteiger partial charge in [0.25, 0.3) is 0 Å². The summed E-state index contributed by atoms with van der Waals surface area (Å²) in [5, 5.41) is 23.9. The largest absolute Gasteiger partial charge is 0.481 e. The Morgan fingerprint density at radius 2 is 0.679 bits per heavy atom. The van der Waals surface area contributed by atoms with Gasteiger partial charge < -0.3 is 52.5 Å². The number of ketones is 1. The molecule has 0 radical (unpaired) electrons. The summed E-state index contributed by atoms with van der Waals surface area (Å²) in [5.41, 5.74) is 34.1. The third kappa shape index (κ3) is 43.6. The van der Waals surface area contributed by atoms with Gasteiger partial charge in [0, 0.05) is 96.0 Å². The highest BCUT2D eigenvalue weighted by atomic mass is 35.5. The number of amides is 4. The quantitative estimate of drug-likeness (QED) is 0.00582. The number of halogens is 1. The molecule has 20 nitrogen and oxygen atoms in total. The van der Waals surface area contributed by atoms with E-state index in [0.29, 0.717) is 74.8 Å². The fraction of sp³-hybridized carbons (Fsp3) is 0.287. The third-order valence-electron chi connectivity index (χ3n) is 20.2. The second-order valence-electron chi connectivity index (χ2n) is 32.0. The molecule has 0 saturated carbocycles. The molecule has 688 valence electrons. The first-order chi connectivity index (χ1) is 63.3. The molecule has 11 N–H and O–H groups in total. The molecule has 0 bridgehead atoms. The van der Waals surface area contributed by atoms with Gasteiger partial charge in [-0.25, -0.2) is 4.79 Å². The third-order valence-corrected chi connectivity index (χ3v) is 22.3. The van der Waals surface area contributed by atoms with Gasteiger partial charge in [0.2, 0.25) is 23.0 Å². The number of Topliss-reactive ketones (excluding diaryl/α,β-unsaturated/α-hetero) is 1. The van der Waals surface area contributed by atoms with Gasteiger partial charge in [-0.2, -0.15) is 0 Å². The molecular weight excluding hydrogens is 1700 g/mol. The van der Waals surface area contributed by atoms with Gasteiger partial charge in [-0.1, -0.05) is 245 Å².